The van der Waals surface area contributed by atoms with Gasteiger partial charge in [-0.15, -0.1) is 0 Å². The monoisotopic (exact) mass is 555 g/mol. The number of nitrogens with one attached hydrogen (secondary N) is 4. The van der Waals surface area contributed by atoms with Crippen LogP contribution in [0.3, 0.4) is 0 Å². The molecule has 3 aromatic heterocycles. The van der Waals surface area contributed by atoms with Gasteiger partial charge in [0.15, 0.2) is 17.2 Å². The molecule has 1 aliphatic carbocycles. The summed E-state index contributed by atoms with van der Waals surface area (Å²) in [4.78, 5) is 33.4. The zero-order chi connectivity index (χ0) is 28.4. The Labute approximate surface area is 226 Å². The maximum atomic E-state index is 13.4. The number of H-pyrrole nitrogens is 1. The number of hydrogen-bond donors (Lipinski definition) is 5. The number of fused-ring (bicyclic) bond motifs is 1. The number of alkyl halides is 3. The molecule has 2 amide bonds. The van der Waals surface area contributed by atoms with Gasteiger partial charge in [-0.25, -0.2) is 9.97 Å². The van der Waals surface area contributed by atoms with Crippen LogP contribution in [0.5, 0.6) is 0 Å². The summed E-state index contributed by atoms with van der Waals surface area (Å²) in [6.45, 7) is 2.53. The van der Waals surface area contributed by atoms with Gasteiger partial charge in [0.05, 0.1) is 17.5 Å². The smallest absolute Gasteiger partial charge is 0.354 e. The molecule has 40 heavy (non-hydrogen) atoms. The molecule has 0 radical (unpaired) electrons. The summed E-state index contributed by atoms with van der Waals surface area (Å²) in [7, 11) is 0. The molecular weight excluding hydrogens is 527 g/mol. The Morgan fingerprint density at radius 3 is 2.67 bits per heavy atom. The van der Waals surface area contributed by atoms with Gasteiger partial charge in [0.1, 0.15) is 0 Å². The van der Waals surface area contributed by atoms with Crippen LogP contribution < -0.4 is 21.7 Å². The Hall–Kier alpha value is -4.46. The summed E-state index contributed by atoms with van der Waals surface area (Å²) < 4.78 is 41.7. The number of aryl methyl sites for hydroxylation is 1. The van der Waals surface area contributed by atoms with E-state index in [4.69, 9.17) is 5.73 Å². The lowest BCUT2D eigenvalue weighted by Gasteiger charge is -2.31. The fraction of sp³-hybridized carbons (Fsp3) is 0.346. The van der Waals surface area contributed by atoms with E-state index in [1.54, 1.807) is 12.1 Å². The molecule has 11 nitrogen and oxygen atoms in total. The highest BCUT2D eigenvalue weighted by Crippen LogP contribution is 2.36. The van der Waals surface area contributed by atoms with Crippen molar-refractivity contribution in [1.29, 1.82) is 0 Å². The van der Waals surface area contributed by atoms with Crippen LogP contribution in [0, 0.1) is 5.92 Å². The summed E-state index contributed by atoms with van der Waals surface area (Å²) in [6.07, 6.45) is 2.80. The fourth-order valence-corrected chi connectivity index (χ4v) is 4.71. The first-order valence-corrected chi connectivity index (χ1v) is 12.8. The van der Waals surface area contributed by atoms with Crippen molar-refractivity contribution in [1.82, 2.24) is 35.2 Å². The molecular formula is C26H28F3N9O2. The zero-order valence-corrected chi connectivity index (χ0v) is 21.5. The third-order valence-electron chi connectivity index (χ3n) is 6.86. The number of benzene rings is 1. The van der Waals surface area contributed by atoms with Gasteiger partial charge in [-0.3, -0.25) is 19.1 Å². The van der Waals surface area contributed by atoms with E-state index in [1.807, 2.05) is 13.0 Å². The van der Waals surface area contributed by atoms with E-state index in [1.165, 1.54) is 29.2 Å². The first-order chi connectivity index (χ1) is 19.2. The summed E-state index contributed by atoms with van der Waals surface area (Å²) in [6, 6.07) is 5.30. The van der Waals surface area contributed by atoms with E-state index < -0.39 is 11.9 Å². The molecule has 1 fully saturated rings. The normalized spacial score (nSPS) is 16.9. The van der Waals surface area contributed by atoms with E-state index >= 15 is 0 Å². The maximum absolute atomic E-state index is 13.4. The number of rotatable bonds is 9. The molecule has 6 N–H and O–H groups in total. The van der Waals surface area contributed by atoms with Crippen molar-refractivity contribution in [2.45, 2.75) is 38.4 Å². The van der Waals surface area contributed by atoms with Crippen molar-refractivity contribution in [3.05, 3.63) is 59.8 Å². The Balaban J connectivity index is 1.27. The molecule has 1 aliphatic rings. The van der Waals surface area contributed by atoms with Gasteiger partial charge in [-0.2, -0.15) is 18.3 Å². The lowest BCUT2D eigenvalue weighted by Crippen LogP contribution is -2.46. The number of aromatic amines is 1. The molecule has 0 saturated heterocycles. The molecule has 210 valence electrons. The van der Waals surface area contributed by atoms with Crippen LogP contribution in [-0.2, 0) is 17.4 Å². The minimum absolute atomic E-state index is 0.0422. The third-order valence-corrected chi connectivity index (χ3v) is 6.86. The van der Waals surface area contributed by atoms with Crippen LogP contribution in [-0.4, -0.2) is 55.5 Å². The van der Waals surface area contributed by atoms with Crippen LogP contribution in [0.1, 0.15) is 41.4 Å². The predicted octanol–water partition coefficient (Wildman–Crippen LogP) is 3.03. The zero-order valence-electron chi connectivity index (χ0n) is 21.5. The molecule has 0 aliphatic heterocycles. The van der Waals surface area contributed by atoms with Gasteiger partial charge in [0, 0.05) is 54.9 Å². The number of aromatic nitrogens is 5. The second kappa shape index (κ2) is 11.0. The average molecular weight is 556 g/mol. The van der Waals surface area contributed by atoms with E-state index in [0.717, 1.165) is 5.56 Å². The van der Waals surface area contributed by atoms with E-state index in [2.05, 4.69) is 36.1 Å². The van der Waals surface area contributed by atoms with Crippen molar-refractivity contribution in [2.24, 2.45) is 11.7 Å². The van der Waals surface area contributed by atoms with Crippen LogP contribution in [0.2, 0.25) is 0 Å². The van der Waals surface area contributed by atoms with Crippen LogP contribution in [0.15, 0.2) is 43.0 Å². The van der Waals surface area contributed by atoms with Crippen molar-refractivity contribution >= 4 is 29.0 Å². The van der Waals surface area contributed by atoms with Gasteiger partial charge in [-0.05, 0) is 43.0 Å². The fourth-order valence-electron chi connectivity index (χ4n) is 4.71. The molecule has 0 spiro atoms. The lowest BCUT2D eigenvalue weighted by molar-refractivity contribution is -0.140. The molecule has 0 unspecified atom stereocenters. The number of amides is 2. The van der Waals surface area contributed by atoms with Crippen molar-refractivity contribution in [3.63, 3.8) is 0 Å². The second-order valence-electron chi connectivity index (χ2n) is 9.58. The largest absolute Gasteiger partial charge is 0.435 e. The second-order valence-corrected chi connectivity index (χ2v) is 9.58. The first kappa shape index (κ1) is 27.1. The van der Waals surface area contributed by atoms with Crippen molar-refractivity contribution in [2.75, 3.05) is 18.4 Å². The van der Waals surface area contributed by atoms with Gasteiger partial charge in [0.25, 0.3) is 5.91 Å². The number of anilines is 2. The van der Waals surface area contributed by atoms with Crippen LogP contribution >= 0.6 is 0 Å². The predicted molar refractivity (Wildman–Crippen MR) is 141 cm³/mol. The highest BCUT2D eigenvalue weighted by Gasteiger charge is 2.37. The SMILES string of the molecule is CCc1cc(Nc2nccn3c(-c4c[nH]nc4C(F)(F)F)cnc23)ccc1C(=O)NCCNC(=O)[C@H]1C[C@H](N)C1. The first-order valence-electron chi connectivity index (χ1n) is 12.8. The summed E-state index contributed by atoms with van der Waals surface area (Å²) in [5.74, 6) is -0.0241. The number of nitrogens with zero attached hydrogens (tertiary/aromatic N) is 4. The average Bonchev–Trinajstić information content (AvgIpc) is 3.57. The van der Waals surface area contributed by atoms with E-state index in [0.29, 0.717) is 48.5 Å². The van der Waals surface area contributed by atoms with Gasteiger partial charge < -0.3 is 21.7 Å². The van der Waals surface area contributed by atoms with Crippen LogP contribution in [0.4, 0.5) is 24.7 Å². The van der Waals surface area contributed by atoms with Crippen molar-refractivity contribution < 1.29 is 22.8 Å². The molecule has 0 bridgehead atoms. The number of hydrogen-bond acceptors (Lipinski definition) is 7. The Morgan fingerprint density at radius 1 is 1.18 bits per heavy atom. The highest BCUT2D eigenvalue weighted by molar-refractivity contribution is 5.96. The minimum atomic E-state index is -4.63. The molecule has 14 heteroatoms. The number of carbonyl (C=O) groups is 2. The molecule has 5 rings (SSSR count). The number of nitrogens with two attached hydrogens (primary N) is 1. The summed E-state index contributed by atoms with van der Waals surface area (Å²) in [5, 5.41) is 14.4. The van der Waals surface area contributed by atoms with E-state index in [-0.39, 0.29) is 41.6 Å². The Morgan fingerprint density at radius 2 is 1.95 bits per heavy atom. The quantitative estimate of drug-likeness (QED) is 0.199. The lowest BCUT2D eigenvalue weighted by atomic mass is 9.80. The van der Waals surface area contributed by atoms with Gasteiger partial charge in [-0.1, -0.05) is 6.92 Å². The Kier molecular flexibility index (Phi) is 7.43. The summed E-state index contributed by atoms with van der Waals surface area (Å²) in [5.41, 5.74) is 6.98. The van der Waals surface area contributed by atoms with Gasteiger partial charge >= 0.3 is 6.18 Å². The molecule has 1 saturated carbocycles. The highest BCUT2D eigenvalue weighted by atomic mass is 19.4. The number of imidazole rings is 1. The summed E-state index contributed by atoms with van der Waals surface area (Å²) >= 11 is 0. The minimum Gasteiger partial charge on any atom is -0.354 e. The maximum Gasteiger partial charge on any atom is 0.435 e. The Bertz CT molecular complexity index is 1540. The standard InChI is InChI=1S/C26H28F3N9O2/c1-2-14-11-17(3-4-18(14)25(40)33-6-5-32-24(39)15-9-16(30)10-15)36-22-23-34-13-20(38(23)8-7-31-22)19-12-35-37-21(19)26(27,28)29/h3-4,7-8,11-13,15-16H,2,5-6,9-10,30H2,1H3,(H,31,36)(H,32,39)(H,33,40)(H,35,37)/t15-,16-. The van der Waals surface area contributed by atoms with E-state index in [9.17, 15) is 22.8 Å². The number of halogens is 3. The van der Waals surface area contributed by atoms with Gasteiger partial charge in [0.2, 0.25) is 5.91 Å². The molecule has 3 heterocycles. The third kappa shape index (κ3) is 5.47. The van der Waals surface area contributed by atoms with Crippen LogP contribution in [0.25, 0.3) is 16.9 Å². The topological polar surface area (TPSA) is 155 Å². The molecule has 0 atom stereocenters. The van der Waals surface area contributed by atoms with Crippen molar-refractivity contribution in [3.8, 4) is 11.3 Å². The number of carbonyl (C=O) groups excluding carboxylic acids is 2. The molecule has 4 aromatic rings. The molecule has 1 aromatic carbocycles.